The zero-order valence-corrected chi connectivity index (χ0v) is 34.1. The number of aromatic nitrogens is 1. The van der Waals surface area contributed by atoms with Gasteiger partial charge in [-0.25, -0.2) is 0 Å². The van der Waals surface area contributed by atoms with Crippen LogP contribution in [0.25, 0.3) is 91.8 Å². The van der Waals surface area contributed by atoms with Crippen LogP contribution in [0, 0.1) is 0 Å². The molecule has 2 nitrogen and oxygen atoms in total. The second kappa shape index (κ2) is 14.5. The van der Waals surface area contributed by atoms with E-state index in [1.54, 1.807) is 0 Å². The Balaban J connectivity index is 1.00. The first-order valence-corrected chi connectivity index (χ1v) is 21.7. The summed E-state index contributed by atoms with van der Waals surface area (Å²) in [4.78, 5) is 2.47. The van der Waals surface area contributed by atoms with Gasteiger partial charge in [-0.3, -0.25) is 0 Å². The van der Waals surface area contributed by atoms with Crippen molar-refractivity contribution in [3.05, 3.63) is 231 Å². The molecule has 0 saturated heterocycles. The number of thiophene rings is 1. The van der Waals surface area contributed by atoms with Crippen LogP contribution >= 0.6 is 11.3 Å². The van der Waals surface area contributed by atoms with Gasteiger partial charge in [0.1, 0.15) is 0 Å². The quantitative estimate of drug-likeness (QED) is 0.156. The molecule has 0 bridgehead atoms. The van der Waals surface area contributed by atoms with Gasteiger partial charge in [-0.15, -0.1) is 11.3 Å². The maximum atomic E-state index is 2.47. The number of fused-ring (bicyclic) bond motifs is 7. The maximum Gasteiger partial charge on any atom is 0.0555 e. The molecule has 0 aliphatic heterocycles. The lowest BCUT2D eigenvalue weighted by Gasteiger charge is -2.29. The summed E-state index contributed by atoms with van der Waals surface area (Å²) in [6, 6.07) is 84.2. The Hall–Kier alpha value is -7.72. The Bertz CT molecular complexity index is 3550. The molecule has 0 N–H and O–H groups in total. The predicted molar refractivity (Wildman–Crippen MR) is 262 cm³/mol. The lowest BCUT2D eigenvalue weighted by molar-refractivity contribution is 1.18. The van der Waals surface area contributed by atoms with Gasteiger partial charge in [0.2, 0.25) is 0 Å². The molecule has 0 unspecified atom stereocenters. The van der Waals surface area contributed by atoms with Crippen LogP contribution in [-0.2, 0) is 0 Å². The number of benzene rings is 10. The van der Waals surface area contributed by atoms with Crippen molar-refractivity contribution in [2.45, 2.75) is 0 Å². The fourth-order valence-corrected chi connectivity index (χ4v) is 10.6. The van der Waals surface area contributed by atoms with Gasteiger partial charge in [-0.05, 0) is 93.7 Å². The molecule has 0 saturated carbocycles. The SMILES string of the molecule is c1cc(-c2ccc(N(c3ccccc3-c3cccc4ccccc34)c3cccc4sc5ccccc5c34)cc2)cc(-c2ccccc2-n2c3ccccc3c3ccccc32)c1. The maximum absolute atomic E-state index is 2.47. The van der Waals surface area contributed by atoms with E-state index in [0.29, 0.717) is 0 Å². The van der Waals surface area contributed by atoms with Crippen LogP contribution in [0.2, 0.25) is 0 Å². The Morgan fingerprint density at radius 1 is 0.344 bits per heavy atom. The van der Waals surface area contributed by atoms with Crippen molar-refractivity contribution in [1.29, 1.82) is 0 Å². The minimum Gasteiger partial charge on any atom is -0.309 e. The van der Waals surface area contributed by atoms with Gasteiger partial charge in [0, 0.05) is 47.8 Å². The molecule has 2 aromatic heterocycles. The van der Waals surface area contributed by atoms with Crippen LogP contribution in [-0.4, -0.2) is 4.57 Å². The van der Waals surface area contributed by atoms with E-state index in [1.165, 1.54) is 97.5 Å². The summed E-state index contributed by atoms with van der Waals surface area (Å²) in [5.41, 5.74) is 14.1. The van der Waals surface area contributed by atoms with Crippen molar-refractivity contribution >= 4 is 81.1 Å². The minimum absolute atomic E-state index is 1.10. The van der Waals surface area contributed by atoms with Gasteiger partial charge in [0.25, 0.3) is 0 Å². The summed E-state index contributed by atoms with van der Waals surface area (Å²) in [5, 5.41) is 7.55. The van der Waals surface area contributed by atoms with E-state index in [0.717, 1.165) is 11.4 Å². The fraction of sp³-hybridized carbons (Fsp3) is 0. The lowest BCUT2D eigenvalue weighted by Crippen LogP contribution is -2.11. The molecular formula is C58H38N2S. The molecule has 12 aromatic rings. The molecule has 0 aliphatic carbocycles. The van der Waals surface area contributed by atoms with E-state index in [1.807, 2.05) is 11.3 Å². The highest BCUT2D eigenvalue weighted by atomic mass is 32.1. The van der Waals surface area contributed by atoms with E-state index in [4.69, 9.17) is 0 Å². The second-order valence-corrected chi connectivity index (χ2v) is 16.7. The first-order chi connectivity index (χ1) is 30.3. The highest BCUT2D eigenvalue weighted by Gasteiger charge is 2.22. The van der Waals surface area contributed by atoms with Crippen molar-refractivity contribution in [2.24, 2.45) is 0 Å². The molecule has 0 radical (unpaired) electrons. The largest absolute Gasteiger partial charge is 0.309 e. The average Bonchev–Trinajstić information content (AvgIpc) is 3.88. The number of nitrogens with zero attached hydrogens (tertiary/aromatic N) is 2. The van der Waals surface area contributed by atoms with E-state index < -0.39 is 0 Å². The summed E-state index contributed by atoms with van der Waals surface area (Å²) in [6.45, 7) is 0. The Labute approximate surface area is 358 Å². The third kappa shape index (κ3) is 5.85. The van der Waals surface area contributed by atoms with Crippen LogP contribution in [0.3, 0.4) is 0 Å². The van der Waals surface area contributed by atoms with Crippen molar-refractivity contribution < 1.29 is 0 Å². The van der Waals surface area contributed by atoms with E-state index >= 15 is 0 Å². The van der Waals surface area contributed by atoms with Gasteiger partial charge in [0.15, 0.2) is 0 Å². The Kier molecular flexibility index (Phi) is 8.39. The molecule has 286 valence electrons. The van der Waals surface area contributed by atoms with Crippen LogP contribution in [0.15, 0.2) is 231 Å². The predicted octanol–water partition coefficient (Wildman–Crippen LogP) is 16.8. The number of para-hydroxylation sites is 4. The molecule has 0 fully saturated rings. The smallest absolute Gasteiger partial charge is 0.0555 e. The normalized spacial score (nSPS) is 11.6. The van der Waals surface area contributed by atoms with Gasteiger partial charge in [-0.2, -0.15) is 0 Å². The molecule has 0 aliphatic rings. The van der Waals surface area contributed by atoms with Gasteiger partial charge in [-0.1, -0.05) is 170 Å². The molecule has 10 aromatic carbocycles. The third-order valence-electron chi connectivity index (χ3n) is 12.2. The molecule has 61 heavy (non-hydrogen) atoms. The molecule has 0 spiro atoms. The van der Waals surface area contributed by atoms with Crippen molar-refractivity contribution in [1.82, 2.24) is 4.57 Å². The summed E-state index contributed by atoms with van der Waals surface area (Å²) in [6.07, 6.45) is 0. The number of rotatable bonds is 7. The molecule has 3 heteroatoms. The summed E-state index contributed by atoms with van der Waals surface area (Å²) < 4.78 is 4.99. The van der Waals surface area contributed by atoms with Gasteiger partial charge < -0.3 is 9.47 Å². The summed E-state index contributed by atoms with van der Waals surface area (Å²) in [7, 11) is 0. The summed E-state index contributed by atoms with van der Waals surface area (Å²) >= 11 is 1.86. The number of hydrogen-bond donors (Lipinski definition) is 0. The summed E-state index contributed by atoms with van der Waals surface area (Å²) in [5.74, 6) is 0. The average molecular weight is 795 g/mol. The van der Waals surface area contributed by atoms with Gasteiger partial charge >= 0.3 is 0 Å². The second-order valence-electron chi connectivity index (χ2n) is 15.6. The van der Waals surface area contributed by atoms with E-state index in [2.05, 4.69) is 240 Å². The standard InChI is InChI=1S/C58H38N2S/c1-2-20-44-40(16-1)17-14-26-46(44)47-22-4-9-28-52(47)59(55-31-15-33-57-58(55)50-25-7-12-32-56(50)61-57)43-36-34-39(35-37-43)41-18-13-19-42(38-41)45-21-3-8-27-51(45)60-53-29-10-5-23-48(53)49-24-6-11-30-54(49)60/h1-38H. The topological polar surface area (TPSA) is 8.17 Å². The minimum atomic E-state index is 1.10. The molecule has 12 rings (SSSR count). The number of hydrogen-bond acceptors (Lipinski definition) is 2. The zero-order valence-electron chi connectivity index (χ0n) is 33.2. The van der Waals surface area contributed by atoms with Crippen LogP contribution in [0.5, 0.6) is 0 Å². The first-order valence-electron chi connectivity index (χ1n) is 20.8. The Morgan fingerprint density at radius 3 is 1.72 bits per heavy atom. The van der Waals surface area contributed by atoms with Crippen molar-refractivity contribution in [3.63, 3.8) is 0 Å². The monoisotopic (exact) mass is 794 g/mol. The molecular weight excluding hydrogens is 757 g/mol. The highest BCUT2D eigenvalue weighted by Crippen LogP contribution is 2.48. The highest BCUT2D eigenvalue weighted by molar-refractivity contribution is 7.26. The molecule has 2 heterocycles. The van der Waals surface area contributed by atoms with Crippen molar-refractivity contribution in [2.75, 3.05) is 4.90 Å². The van der Waals surface area contributed by atoms with Crippen LogP contribution in [0.4, 0.5) is 17.1 Å². The fourth-order valence-electron chi connectivity index (χ4n) is 9.47. The molecule has 0 amide bonds. The zero-order chi connectivity index (χ0) is 40.3. The van der Waals surface area contributed by atoms with Gasteiger partial charge in [0.05, 0.1) is 28.1 Å². The Morgan fingerprint density at radius 2 is 0.902 bits per heavy atom. The van der Waals surface area contributed by atoms with Crippen molar-refractivity contribution in [3.8, 4) is 39.1 Å². The van der Waals surface area contributed by atoms with E-state index in [9.17, 15) is 0 Å². The number of anilines is 3. The first kappa shape index (κ1) is 35.2. The molecule has 0 atom stereocenters. The van der Waals surface area contributed by atoms with E-state index in [-0.39, 0.29) is 0 Å². The van der Waals surface area contributed by atoms with Crippen LogP contribution in [0.1, 0.15) is 0 Å². The van der Waals surface area contributed by atoms with Crippen LogP contribution < -0.4 is 4.90 Å². The lowest BCUT2D eigenvalue weighted by atomic mass is 9.95. The third-order valence-corrected chi connectivity index (χ3v) is 13.3.